The van der Waals surface area contributed by atoms with Crippen molar-refractivity contribution in [1.82, 2.24) is 30.3 Å². The first-order valence-corrected chi connectivity index (χ1v) is 12.5. The van der Waals surface area contributed by atoms with Crippen molar-refractivity contribution >= 4 is 29.3 Å². The van der Waals surface area contributed by atoms with Crippen LogP contribution >= 0.6 is 23.4 Å². The van der Waals surface area contributed by atoms with Crippen molar-refractivity contribution in [1.29, 1.82) is 0 Å². The highest BCUT2D eigenvalue weighted by molar-refractivity contribution is 7.98. The summed E-state index contributed by atoms with van der Waals surface area (Å²) in [6, 6.07) is 13.0. The molecule has 2 heterocycles. The number of benzene rings is 2. The van der Waals surface area contributed by atoms with Gasteiger partial charge in [0.15, 0.2) is 22.3 Å². The summed E-state index contributed by atoms with van der Waals surface area (Å²) in [4.78, 5) is 21.6. The maximum Gasteiger partial charge on any atom is 0.273 e. The number of methoxy groups -OCH3 is 2. The molecule has 0 spiro atoms. The third-order valence-corrected chi connectivity index (χ3v) is 6.70. The number of amides is 1. The third kappa shape index (κ3) is 5.95. The van der Waals surface area contributed by atoms with Crippen molar-refractivity contribution in [3.63, 3.8) is 0 Å². The maximum atomic E-state index is 13.1. The van der Waals surface area contributed by atoms with E-state index in [1.165, 1.54) is 11.8 Å². The van der Waals surface area contributed by atoms with Gasteiger partial charge in [0.05, 0.1) is 25.6 Å². The molecule has 0 aliphatic carbocycles. The van der Waals surface area contributed by atoms with Crippen LogP contribution in [-0.2, 0) is 12.2 Å². The molecule has 0 bridgehead atoms. The molecule has 0 fully saturated rings. The minimum Gasteiger partial charge on any atom is -0.493 e. The van der Waals surface area contributed by atoms with Crippen LogP contribution in [-0.4, -0.2) is 51.6 Å². The molecule has 0 saturated heterocycles. The van der Waals surface area contributed by atoms with Gasteiger partial charge in [-0.25, -0.2) is 14.6 Å². The average Bonchev–Trinajstić information content (AvgIpc) is 3.33. The number of ether oxygens (including phenoxy) is 2. The van der Waals surface area contributed by atoms with E-state index < -0.39 is 0 Å². The van der Waals surface area contributed by atoms with E-state index in [4.69, 9.17) is 21.1 Å². The third-order valence-electron chi connectivity index (χ3n) is 5.41. The van der Waals surface area contributed by atoms with Crippen LogP contribution in [0.3, 0.4) is 0 Å². The van der Waals surface area contributed by atoms with Crippen molar-refractivity contribution in [3.8, 4) is 17.2 Å². The zero-order valence-electron chi connectivity index (χ0n) is 20.1. The minimum atomic E-state index is -0.315. The standard InChI is InChI=1S/C25H25ClN6O3S/c1-16-5-7-18(14-19(16)26)32-20(15-36-25-28-10-4-11-29-25)23(30-31-32)24(33)27-12-9-17-6-8-21(34-2)22(13-17)35-3/h4-8,10-11,13-14H,9,12,15H2,1-3H3,(H,27,33). The largest absolute Gasteiger partial charge is 0.493 e. The Balaban J connectivity index is 1.53. The van der Waals surface area contributed by atoms with Gasteiger partial charge in [-0.3, -0.25) is 4.79 Å². The number of nitrogens with zero attached hydrogens (tertiary/aromatic N) is 5. The van der Waals surface area contributed by atoms with Crippen LogP contribution in [0.1, 0.15) is 27.3 Å². The molecule has 36 heavy (non-hydrogen) atoms. The van der Waals surface area contributed by atoms with E-state index >= 15 is 0 Å². The van der Waals surface area contributed by atoms with Gasteiger partial charge >= 0.3 is 0 Å². The molecule has 0 atom stereocenters. The highest BCUT2D eigenvalue weighted by atomic mass is 35.5. The van der Waals surface area contributed by atoms with Crippen molar-refractivity contribution in [2.24, 2.45) is 0 Å². The smallest absolute Gasteiger partial charge is 0.273 e. The quantitative estimate of drug-likeness (QED) is 0.242. The van der Waals surface area contributed by atoms with Crippen molar-refractivity contribution < 1.29 is 14.3 Å². The van der Waals surface area contributed by atoms with Gasteiger partial charge in [-0.1, -0.05) is 40.7 Å². The minimum absolute atomic E-state index is 0.238. The number of aryl methyl sites for hydroxylation is 1. The summed E-state index contributed by atoms with van der Waals surface area (Å²) in [6.07, 6.45) is 3.95. The van der Waals surface area contributed by atoms with Crippen molar-refractivity contribution in [2.45, 2.75) is 24.3 Å². The second-order valence-electron chi connectivity index (χ2n) is 7.75. The molecule has 2 aromatic carbocycles. The van der Waals surface area contributed by atoms with Crippen LogP contribution < -0.4 is 14.8 Å². The van der Waals surface area contributed by atoms with Crippen LogP contribution in [0.2, 0.25) is 5.02 Å². The highest BCUT2D eigenvalue weighted by Crippen LogP contribution is 2.28. The number of halogens is 1. The SMILES string of the molecule is COc1ccc(CCNC(=O)c2nnn(-c3ccc(C)c(Cl)c3)c2CSc2ncccn2)cc1OC. The fourth-order valence-electron chi connectivity index (χ4n) is 3.46. The molecule has 0 radical (unpaired) electrons. The Morgan fingerprint density at radius 1 is 1.08 bits per heavy atom. The Hall–Kier alpha value is -3.63. The number of carbonyl (C=O) groups is 1. The Bertz CT molecular complexity index is 1350. The van der Waals surface area contributed by atoms with Gasteiger partial charge in [0.2, 0.25) is 0 Å². The molecule has 0 aliphatic rings. The summed E-state index contributed by atoms with van der Waals surface area (Å²) in [7, 11) is 3.18. The second kappa shape index (κ2) is 11.9. The van der Waals surface area contributed by atoms with E-state index in [2.05, 4.69) is 25.6 Å². The van der Waals surface area contributed by atoms with Gasteiger partial charge in [0.1, 0.15) is 0 Å². The molecule has 186 valence electrons. The summed E-state index contributed by atoms with van der Waals surface area (Å²) >= 11 is 7.74. The van der Waals surface area contributed by atoms with Gasteiger partial charge in [-0.2, -0.15) is 0 Å². The lowest BCUT2D eigenvalue weighted by atomic mass is 10.1. The lowest BCUT2D eigenvalue weighted by molar-refractivity contribution is 0.0948. The zero-order valence-corrected chi connectivity index (χ0v) is 21.6. The summed E-state index contributed by atoms with van der Waals surface area (Å²) < 4.78 is 12.3. The number of thioether (sulfide) groups is 1. The first-order chi connectivity index (χ1) is 17.5. The topological polar surface area (TPSA) is 104 Å². The molecular formula is C25H25ClN6O3S. The van der Waals surface area contributed by atoms with Crippen LogP contribution in [0, 0.1) is 6.92 Å². The van der Waals surface area contributed by atoms with Gasteiger partial charge in [0, 0.05) is 29.7 Å². The Morgan fingerprint density at radius 2 is 1.86 bits per heavy atom. The van der Waals surface area contributed by atoms with Crippen molar-refractivity contribution in [3.05, 3.63) is 82.4 Å². The van der Waals surface area contributed by atoms with E-state index in [9.17, 15) is 4.79 Å². The van der Waals surface area contributed by atoms with Gasteiger partial charge in [-0.15, -0.1) is 5.10 Å². The zero-order chi connectivity index (χ0) is 25.5. The van der Waals surface area contributed by atoms with Crippen molar-refractivity contribution in [2.75, 3.05) is 20.8 Å². The van der Waals surface area contributed by atoms with E-state index in [1.54, 1.807) is 43.4 Å². The predicted molar refractivity (Wildman–Crippen MR) is 138 cm³/mol. The lowest BCUT2D eigenvalue weighted by Crippen LogP contribution is -2.27. The van der Waals surface area contributed by atoms with E-state index in [0.29, 0.717) is 51.8 Å². The molecule has 0 aliphatic heterocycles. The van der Waals surface area contributed by atoms with Crippen LogP contribution in [0.4, 0.5) is 0 Å². The number of hydrogen-bond donors (Lipinski definition) is 1. The lowest BCUT2D eigenvalue weighted by Gasteiger charge is -2.11. The van der Waals surface area contributed by atoms with E-state index in [-0.39, 0.29) is 11.6 Å². The Labute approximate surface area is 218 Å². The molecule has 1 amide bonds. The van der Waals surface area contributed by atoms with Gasteiger partial charge < -0.3 is 14.8 Å². The molecule has 0 saturated carbocycles. The first kappa shape index (κ1) is 25.5. The highest BCUT2D eigenvalue weighted by Gasteiger charge is 2.21. The molecule has 1 N–H and O–H groups in total. The van der Waals surface area contributed by atoms with Crippen LogP contribution in [0.25, 0.3) is 5.69 Å². The molecule has 0 unspecified atom stereocenters. The summed E-state index contributed by atoms with van der Waals surface area (Å²) in [5.74, 6) is 1.37. The number of carbonyl (C=O) groups excluding carboxylic acids is 1. The monoisotopic (exact) mass is 524 g/mol. The van der Waals surface area contributed by atoms with Gasteiger partial charge in [0.25, 0.3) is 5.91 Å². The summed E-state index contributed by atoms with van der Waals surface area (Å²) in [6.45, 7) is 2.33. The number of rotatable bonds is 10. The van der Waals surface area contributed by atoms with Crippen LogP contribution in [0.5, 0.6) is 11.5 Å². The second-order valence-corrected chi connectivity index (χ2v) is 9.10. The fourth-order valence-corrected chi connectivity index (χ4v) is 4.43. The van der Waals surface area contributed by atoms with E-state index in [1.807, 2.05) is 37.3 Å². The number of hydrogen-bond acceptors (Lipinski definition) is 8. The molecular weight excluding hydrogens is 500 g/mol. The summed E-state index contributed by atoms with van der Waals surface area (Å²) in [5.41, 5.74) is 3.52. The molecule has 11 heteroatoms. The van der Waals surface area contributed by atoms with E-state index in [0.717, 1.165) is 11.1 Å². The maximum absolute atomic E-state index is 13.1. The normalized spacial score (nSPS) is 10.8. The average molecular weight is 525 g/mol. The first-order valence-electron chi connectivity index (χ1n) is 11.1. The van der Waals surface area contributed by atoms with Gasteiger partial charge in [-0.05, 0) is 54.8 Å². The van der Waals surface area contributed by atoms with Crippen LogP contribution in [0.15, 0.2) is 60.0 Å². The Kier molecular flexibility index (Phi) is 8.40. The number of aromatic nitrogens is 5. The fraction of sp³-hybridized carbons (Fsp3) is 0.240. The molecule has 4 rings (SSSR count). The Morgan fingerprint density at radius 3 is 2.58 bits per heavy atom. The number of nitrogens with one attached hydrogen (secondary N) is 1. The summed E-state index contributed by atoms with van der Waals surface area (Å²) in [5, 5.41) is 12.6. The molecule has 4 aromatic rings. The molecule has 2 aromatic heterocycles. The molecule has 9 nitrogen and oxygen atoms in total. The predicted octanol–water partition coefficient (Wildman–Crippen LogP) is 4.30.